The smallest absolute Gasteiger partial charge is 0.350 e. The zero-order chi connectivity index (χ0) is 13.8. The fraction of sp³-hybridized carbons (Fsp3) is 0.0769. The van der Waals surface area contributed by atoms with E-state index in [9.17, 15) is 9.59 Å². The molecule has 0 fully saturated rings. The molecule has 1 aromatic heterocycles. The molecule has 0 unspecified atom stereocenters. The number of amides is 2. The van der Waals surface area contributed by atoms with Crippen LogP contribution >= 0.6 is 11.3 Å². The van der Waals surface area contributed by atoms with Crippen LogP contribution in [0.4, 0.5) is 10.5 Å². The van der Waals surface area contributed by atoms with Crippen LogP contribution in [0.25, 0.3) is 10.4 Å². The molecule has 1 heterocycles. The Kier molecular flexibility index (Phi) is 3.82. The number of nitrogens with two attached hydrogens (primary N) is 1. The number of nitrogens with one attached hydrogen (secondary N) is 1. The van der Waals surface area contributed by atoms with Crippen LogP contribution in [0.1, 0.15) is 9.67 Å². The number of carbonyl (C=O) groups excluding carboxylic acids is 2. The highest BCUT2D eigenvalue weighted by molar-refractivity contribution is 7.18. The zero-order valence-corrected chi connectivity index (χ0v) is 11.0. The minimum absolute atomic E-state index is 0.320. The van der Waals surface area contributed by atoms with E-state index in [4.69, 9.17) is 5.73 Å². The molecule has 0 bridgehead atoms. The fourth-order valence-corrected chi connectivity index (χ4v) is 2.64. The van der Waals surface area contributed by atoms with Crippen LogP contribution in [0.2, 0.25) is 0 Å². The molecule has 2 amide bonds. The molecule has 0 aliphatic carbocycles. The van der Waals surface area contributed by atoms with E-state index in [-0.39, 0.29) is 0 Å². The SMILES string of the molecule is COC(=O)c1sc(-c2ccccc2)cc1NC(N)=O. The van der Waals surface area contributed by atoms with Crippen molar-refractivity contribution in [3.8, 4) is 10.4 Å². The van der Waals surface area contributed by atoms with Gasteiger partial charge in [-0.25, -0.2) is 9.59 Å². The highest BCUT2D eigenvalue weighted by Gasteiger charge is 2.18. The molecular formula is C13H12N2O3S. The van der Waals surface area contributed by atoms with E-state index in [1.54, 1.807) is 6.07 Å². The molecule has 2 aromatic rings. The van der Waals surface area contributed by atoms with E-state index in [2.05, 4.69) is 10.1 Å². The Balaban J connectivity index is 2.45. The van der Waals surface area contributed by atoms with E-state index in [1.165, 1.54) is 18.4 Å². The average molecular weight is 276 g/mol. The number of ether oxygens (including phenoxy) is 1. The molecule has 3 N–H and O–H groups in total. The van der Waals surface area contributed by atoms with Crippen LogP contribution in [0, 0.1) is 0 Å². The maximum Gasteiger partial charge on any atom is 0.350 e. The quantitative estimate of drug-likeness (QED) is 0.846. The van der Waals surface area contributed by atoms with Crippen molar-refractivity contribution in [1.82, 2.24) is 0 Å². The second-order valence-electron chi connectivity index (χ2n) is 3.70. The standard InChI is InChI=1S/C13H12N2O3S/c1-18-12(16)11-9(15-13(14)17)7-10(19-11)8-5-3-2-4-6-8/h2-7H,1H3,(H3,14,15,17). The Morgan fingerprint density at radius 3 is 2.53 bits per heavy atom. The lowest BCUT2D eigenvalue weighted by Gasteiger charge is -2.00. The summed E-state index contributed by atoms with van der Waals surface area (Å²) in [6, 6.07) is 10.5. The predicted molar refractivity (Wildman–Crippen MR) is 74.3 cm³/mol. The number of benzene rings is 1. The van der Waals surface area contributed by atoms with Gasteiger partial charge in [0.25, 0.3) is 0 Å². The van der Waals surface area contributed by atoms with Crippen LogP contribution in [-0.2, 0) is 4.74 Å². The van der Waals surface area contributed by atoms with Gasteiger partial charge in [-0.05, 0) is 11.6 Å². The van der Waals surface area contributed by atoms with Gasteiger partial charge in [-0.15, -0.1) is 11.3 Å². The monoisotopic (exact) mass is 276 g/mol. The molecule has 6 heteroatoms. The van der Waals surface area contributed by atoms with Gasteiger partial charge in [0.1, 0.15) is 4.88 Å². The minimum atomic E-state index is -0.720. The first-order chi connectivity index (χ1) is 9.11. The van der Waals surface area contributed by atoms with Crippen LogP contribution in [0.3, 0.4) is 0 Å². The van der Waals surface area contributed by atoms with E-state index < -0.39 is 12.0 Å². The Morgan fingerprint density at radius 2 is 1.95 bits per heavy atom. The summed E-state index contributed by atoms with van der Waals surface area (Å²) in [4.78, 5) is 23.8. The van der Waals surface area contributed by atoms with Gasteiger partial charge in [0, 0.05) is 4.88 Å². The first-order valence-electron chi connectivity index (χ1n) is 5.46. The van der Waals surface area contributed by atoms with Crippen molar-refractivity contribution >= 4 is 29.0 Å². The highest BCUT2D eigenvalue weighted by atomic mass is 32.1. The second-order valence-corrected chi connectivity index (χ2v) is 4.75. The van der Waals surface area contributed by atoms with Gasteiger partial charge in [0.15, 0.2) is 0 Å². The largest absolute Gasteiger partial charge is 0.465 e. The molecule has 0 spiro atoms. The first-order valence-corrected chi connectivity index (χ1v) is 6.27. The van der Waals surface area contributed by atoms with Gasteiger partial charge >= 0.3 is 12.0 Å². The van der Waals surface area contributed by atoms with E-state index in [0.717, 1.165) is 10.4 Å². The van der Waals surface area contributed by atoms with Crippen molar-refractivity contribution in [2.45, 2.75) is 0 Å². The van der Waals surface area contributed by atoms with Crippen molar-refractivity contribution in [2.75, 3.05) is 12.4 Å². The minimum Gasteiger partial charge on any atom is -0.465 e. The molecule has 0 radical (unpaired) electrons. The van der Waals surface area contributed by atoms with E-state index in [0.29, 0.717) is 10.6 Å². The summed E-state index contributed by atoms with van der Waals surface area (Å²) < 4.78 is 4.69. The summed E-state index contributed by atoms with van der Waals surface area (Å²) in [7, 11) is 1.29. The summed E-state index contributed by atoms with van der Waals surface area (Å²) in [6.07, 6.45) is 0. The molecular weight excluding hydrogens is 264 g/mol. The number of hydrogen-bond donors (Lipinski definition) is 2. The lowest BCUT2D eigenvalue weighted by molar-refractivity contribution is 0.0607. The lowest BCUT2D eigenvalue weighted by Crippen LogP contribution is -2.20. The van der Waals surface area contributed by atoms with Crippen molar-refractivity contribution in [2.24, 2.45) is 5.73 Å². The summed E-state index contributed by atoms with van der Waals surface area (Å²) in [5.41, 5.74) is 6.40. The van der Waals surface area contributed by atoms with Crippen molar-refractivity contribution < 1.29 is 14.3 Å². The summed E-state index contributed by atoms with van der Waals surface area (Å²) in [5.74, 6) is -0.504. The van der Waals surface area contributed by atoms with Gasteiger partial charge in [0.05, 0.1) is 12.8 Å². The third-order valence-corrected chi connectivity index (χ3v) is 3.58. The average Bonchev–Trinajstić information content (AvgIpc) is 2.82. The molecule has 0 atom stereocenters. The number of anilines is 1. The lowest BCUT2D eigenvalue weighted by atomic mass is 10.2. The molecule has 98 valence electrons. The Hall–Kier alpha value is -2.34. The maximum atomic E-state index is 11.7. The molecule has 1 aromatic carbocycles. The Morgan fingerprint density at radius 1 is 1.26 bits per heavy atom. The molecule has 0 saturated heterocycles. The summed E-state index contributed by atoms with van der Waals surface area (Å²) >= 11 is 1.24. The summed E-state index contributed by atoms with van der Waals surface area (Å²) in [6.45, 7) is 0. The van der Waals surface area contributed by atoms with Crippen LogP contribution in [-0.4, -0.2) is 19.1 Å². The molecule has 19 heavy (non-hydrogen) atoms. The van der Waals surface area contributed by atoms with Crippen molar-refractivity contribution in [3.63, 3.8) is 0 Å². The highest BCUT2D eigenvalue weighted by Crippen LogP contribution is 2.35. The third-order valence-electron chi connectivity index (χ3n) is 2.42. The van der Waals surface area contributed by atoms with Crippen LogP contribution < -0.4 is 11.1 Å². The first kappa shape index (κ1) is 13.1. The van der Waals surface area contributed by atoms with E-state index in [1.807, 2.05) is 30.3 Å². The zero-order valence-electron chi connectivity index (χ0n) is 10.2. The van der Waals surface area contributed by atoms with Crippen molar-refractivity contribution in [3.05, 3.63) is 41.3 Å². The number of carbonyl (C=O) groups is 2. The second kappa shape index (κ2) is 5.53. The number of hydrogen-bond acceptors (Lipinski definition) is 4. The van der Waals surface area contributed by atoms with Gasteiger partial charge in [-0.3, -0.25) is 0 Å². The topological polar surface area (TPSA) is 81.4 Å². The molecule has 5 nitrogen and oxygen atoms in total. The van der Waals surface area contributed by atoms with Gasteiger partial charge < -0.3 is 15.8 Å². The molecule has 0 saturated carbocycles. The number of esters is 1. The number of thiophene rings is 1. The van der Waals surface area contributed by atoms with Gasteiger partial charge in [0.2, 0.25) is 0 Å². The van der Waals surface area contributed by atoms with Crippen LogP contribution in [0.5, 0.6) is 0 Å². The summed E-state index contributed by atoms with van der Waals surface area (Å²) in [5, 5.41) is 2.43. The predicted octanol–water partition coefficient (Wildman–Crippen LogP) is 2.69. The number of methoxy groups -OCH3 is 1. The van der Waals surface area contributed by atoms with Gasteiger partial charge in [-0.2, -0.15) is 0 Å². The molecule has 0 aliphatic heterocycles. The van der Waals surface area contributed by atoms with E-state index >= 15 is 0 Å². The molecule has 2 rings (SSSR count). The maximum absolute atomic E-state index is 11.7. The normalized spacial score (nSPS) is 9.95. The fourth-order valence-electron chi connectivity index (χ4n) is 1.61. The van der Waals surface area contributed by atoms with Gasteiger partial charge in [-0.1, -0.05) is 30.3 Å². The third kappa shape index (κ3) is 2.92. The Bertz CT molecular complexity index is 608. The number of rotatable bonds is 3. The molecule has 0 aliphatic rings. The number of primary amides is 1. The number of urea groups is 1. The van der Waals surface area contributed by atoms with Crippen molar-refractivity contribution in [1.29, 1.82) is 0 Å². The Labute approximate surface area is 114 Å². The van der Waals surface area contributed by atoms with Crippen LogP contribution in [0.15, 0.2) is 36.4 Å².